The Bertz CT molecular complexity index is 953. The average molecular weight is 391 g/mol. The monoisotopic (exact) mass is 392 g/mol. The molecule has 0 atom stereocenters. The van der Waals surface area contributed by atoms with Crippen molar-refractivity contribution < 1.29 is 0 Å². The Morgan fingerprint density at radius 2 is 1.41 bits per heavy atom. The van der Waals surface area contributed by atoms with Crippen LogP contribution in [-0.4, -0.2) is 18.4 Å². The average Bonchev–Trinajstić information content (AvgIpc) is 2.92. The Kier molecular flexibility index (Phi) is 2.50. The fraction of sp³-hybridized carbons (Fsp3) is 0.238. The molecule has 0 bridgehead atoms. The van der Waals surface area contributed by atoms with Gasteiger partial charge in [0.15, 0.2) is 0 Å². The molecule has 108 valence electrons. The molecule has 0 N–H and O–H groups in total. The summed E-state index contributed by atoms with van der Waals surface area (Å²) >= 11 is -2.48. The second-order valence-electron chi connectivity index (χ2n) is 7.47. The van der Waals surface area contributed by atoms with E-state index in [1.165, 1.54) is 29.5 Å². The van der Waals surface area contributed by atoms with Crippen LogP contribution in [0.2, 0.25) is 9.88 Å². The van der Waals surface area contributed by atoms with Crippen molar-refractivity contribution in [3.05, 3.63) is 59.2 Å². The van der Waals surface area contributed by atoms with E-state index in [0.29, 0.717) is 0 Å². The van der Waals surface area contributed by atoms with Crippen LogP contribution in [0.3, 0.4) is 0 Å². The van der Waals surface area contributed by atoms with Gasteiger partial charge >= 0.3 is 136 Å². The Morgan fingerprint density at radius 1 is 0.727 bits per heavy atom. The van der Waals surface area contributed by atoms with Crippen molar-refractivity contribution in [3.8, 4) is 11.1 Å². The molecule has 1 aliphatic carbocycles. The summed E-state index contributed by atoms with van der Waals surface area (Å²) in [5, 5.41) is 3.22. The van der Waals surface area contributed by atoms with Gasteiger partial charge in [0.1, 0.15) is 0 Å². The maximum absolute atomic E-state index is 2.59. The van der Waals surface area contributed by atoms with Gasteiger partial charge in [-0.15, -0.1) is 0 Å². The van der Waals surface area contributed by atoms with Gasteiger partial charge in [-0.25, -0.2) is 0 Å². The van der Waals surface area contributed by atoms with Crippen molar-refractivity contribution in [2.24, 2.45) is 0 Å². The van der Waals surface area contributed by atoms with Crippen molar-refractivity contribution in [1.29, 1.82) is 0 Å². The minimum absolute atomic E-state index is 1.23. The van der Waals surface area contributed by atoms with Crippen molar-refractivity contribution in [2.75, 3.05) is 0 Å². The first-order chi connectivity index (χ1) is 10.6. The number of aryl methyl sites for hydroxylation is 3. The molecule has 3 aromatic carbocycles. The zero-order chi connectivity index (χ0) is 15.1. The van der Waals surface area contributed by atoms with E-state index in [9.17, 15) is 0 Å². The Morgan fingerprint density at radius 3 is 2.18 bits per heavy atom. The SMILES string of the molecule is Cc1ccc2[c](c1)[Sn]([CH3])([CH3])[c]1ccc3c4c(ccc-2c14)CC3. The van der Waals surface area contributed by atoms with Gasteiger partial charge < -0.3 is 0 Å². The number of benzene rings is 3. The molecule has 0 radical (unpaired) electrons. The van der Waals surface area contributed by atoms with Gasteiger partial charge in [-0.1, -0.05) is 0 Å². The van der Waals surface area contributed by atoms with E-state index in [-0.39, 0.29) is 0 Å². The molecule has 0 saturated heterocycles. The fourth-order valence-electron chi connectivity index (χ4n) is 4.63. The summed E-state index contributed by atoms with van der Waals surface area (Å²) in [6, 6.07) is 16.8. The van der Waals surface area contributed by atoms with Crippen LogP contribution in [-0.2, 0) is 12.8 Å². The van der Waals surface area contributed by atoms with Crippen LogP contribution < -0.4 is 7.16 Å². The number of fused-ring (bicyclic) bond motifs is 2. The molecule has 5 rings (SSSR count). The van der Waals surface area contributed by atoms with Crippen molar-refractivity contribution in [3.63, 3.8) is 0 Å². The topological polar surface area (TPSA) is 0 Å². The molecular formula is C21H20Sn. The molecule has 2 aliphatic rings. The van der Waals surface area contributed by atoms with Crippen LogP contribution in [0.25, 0.3) is 21.9 Å². The third-order valence-corrected chi connectivity index (χ3v) is 15.9. The summed E-state index contributed by atoms with van der Waals surface area (Å²) in [5.74, 6) is 0. The molecule has 1 heteroatoms. The molecule has 1 aliphatic heterocycles. The van der Waals surface area contributed by atoms with Crippen LogP contribution in [0.4, 0.5) is 0 Å². The molecule has 22 heavy (non-hydrogen) atoms. The van der Waals surface area contributed by atoms with Crippen molar-refractivity contribution >= 4 is 36.3 Å². The molecule has 0 spiro atoms. The van der Waals surface area contributed by atoms with Gasteiger partial charge in [0, 0.05) is 0 Å². The van der Waals surface area contributed by atoms with Crippen molar-refractivity contribution in [1.82, 2.24) is 0 Å². The van der Waals surface area contributed by atoms with E-state index in [1.54, 1.807) is 29.1 Å². The number of hydrogen-bond acceptors (Lipinski definition) is 0. The van der Waals surface area contributed by atoms with Crippen LogP contribution in [0, 0.1) is 6.92 Å². The molecule has 0 unspecified atom stereocenters. The van der Waals surface area contributed by atoms with E-state index in [2.05, 4.69) is 59.3 Å². The summed E-state index contributed by atoms with van der Waals surface area (Å²) in [5.41, 5.74) is 7.57. The van der Waals surface area contributed by atoms with Crippen LogP contribution >= 0.6 is 0 Å². The number of hydrogen-bond donors (Lipinski definition) is 0. The molecule has 0 aromatic heterocycles. The maximum atomic E-state index is 2.59. The quantitative estimate of drug-likeness (QED) is 0.508. The second kappa shape index (κ2) is 4.17. The minimum atomic E-state index is -2.48. The summed E-state index contributed by atoms with van der Waals surface area (Å²) in [4.78, 5) is 5.18. The fourth-order valence-corrected chi connectivity index (χ4v) is 13.6. The summed E-state index contributed by atoms with van der Waals surface area (Å²) in [7, 11) is 0. The Labute approximate surface area is 136 Å². The Balaban J connectivity index is 2.04. The first-order valence-corrected chi connectivity index (χ1v) is 16.8. The van der Waals surface area contributed by atoms with Gasteiger partial charge in [0.25, 0.3) is 0 Å². The third-order valence-electron chi connectivity index (χ3n) is 5.81. The second-order valence-corrected chi connectivity index (χ2v) is 19.8. The standard InChI is InChI=1S/C19H14.2CH3.Sn/c1-13-5-7-14(8-6-13)17-12-11-16-10-9-15-3-2-4-18(17)19(15)16;;;/h2-3,5-7,11-12H,9-10H2,1H3;2*1H3;. The van der Waals surface area contributed by atoms with E-state index in [4.69, 9.17) is 0 Å². The molecule has 0 saturated carbocycles. The predicted molar refractivity (Wildman–Crippen MR) is 98.3 cm³/mol. The zero-order valence-corrected chi connectivity index (χ0v) is 16.3. The molecule has 0 amide bonds. The molecule has 0 fully saturated rings. The molecular weight excluding hydrogens is 371 g/mol. The van der Waals surface area contributed by atoms with Crippen LogP contribution in [0.5, 0.6) is 0 Å². The molecule has 3 aromatic rings. The van der Waals surface area contributed by atoms with E-state index >= 15 is 0 Å². The Hall–Kier alpha value is -1.28. The molecule has 1 heterocycles. The summed E-state index contributed by atoms with van der Waals surface area (Å²) < 4.78 is 3.40. The van der Waals surface area contributed by atoms with Crippen LogP contribution in [0.1, 0.15) is 16.7 Å². The van der Waals surface area contributed by atoms with Crippen molar-refractivity contribution in [2.45, 2.75) is 29.6 Å². The zero-order valence-electron chi connectivity index (χ0n) is 13.5. The van der Waals surface area contributed by atoms with Gasteiger partial charge in [-0.05, 0) is 0 Å². The van der Waals surface area contributed by atoms with E-state index in [1.807, 2.05) is 0 Å². The number of rotatable bonds is 0. The van der Waals surface area contributed by atoms with Gasteiger partial charge in [0.05, 0.1) is 0 Å². The normalized spacial score (nSPS) is 16.9. The third kappa shape index (κ3) is 1.49. The first-order valence-electron chi connectivity index (χ1n) is 8.27. The summed E-state index contributed by atoms with van der Waals surface area (Å²) in [6.45, 7) is 2.23. The summed E-state index contributed by atoms with van der Waals surface area (Å²) in [6.07, 6.45) is 2.46. The van der Waals surface area contributed by atoms with E-state index in [0.717, 1.165) is 0 Å². The van der Waals surface area contributed by atoms with Gasteiger partial charge in [0.2, 0.25) is 0 Å². The predicted octanol–water partition coefficient (Wildman–Crippen LogP) is 4.05. The van der Waals surface area contributed by atoms with Crippen LogP contribution in [0.15, 0.2) is 42.5 Å². The first kappa shape index (κ1) is 13.2. The van der Waals surface area contributed by atoms with Gasteiger partial charge in [-0.2, -0.15) is 0 Å². The van der Waals surface area contributed by atoms with E-state index < -0.39 is 18.4 Å². The van der Waals surface area contributed by atoms with Gasteiger partial charge in [-0.3, -0.25) is 0 Å². The molecule has 0 nitrogen and oxygen atoms in total.